The average molecular weight is 275 g/mol. The maximum Gasteiger partial charge on any atom is 0.0640 e. The van der Waals surface area contributed by atoms with Gasteiger partial charge in [0, 0.05) is 18.7 Å². The molecule has 3 heteroatoms. The number of hydrogen-bond acceptors (Lipinski definition) is 2. The molecule has 3 rings (SSSR count). The third-order valence-electron chi connectivity index (χ3n) is 5.38. The maximum atomic E-state index is 4.87. The molecule has 1 aromatic rings. The van der Waals surface area contributed by atoms with Crippen molar-refractivity contribution in [1.82, 2.24) is 15.1 Å². The van der Waals surface area contributed by atoms with Crippen molar-refractivity contribution in [3.63, 3.8) is 0 Å². The van der Waals surface area contributed by atoms with Crippen LogP contribution in [0.15, 0.2) is 12.3 Å². The van der Waals surface area contributed by atoms with Crippen molar-refractivity contribution in [3.8, 4) is 0 Å². The Balaban J connectivity index is 1.60. The van der Waals surface area contributed by atoms with Gasteiger partial charge in [-0.2, -0.15) is 5.10 Å². The summed E-state index contributed by atoms with van der Waals surface area (Å²) in [5.41, 5.74) is 1.28. The van der Waals surface area contributed by atoms with E-state index in [1.165, 1.54) is 63.5 Å². The normalized spacial score (nSPS) is 23.2. The molecule has 0 spiro atoms. The van der Waals surface area contributed by atoms with E-state index in [-0.39, 0.29) is 0 Å². The van der Waals surface area contributed by atoms with Crippen LogP contribution >= 0.6 is 0 Å². The molecule has 3 nitrogen and oxygen atoms in total. The average Bonchev–Trinajstić information content (AvgIpc) is 3.17. The van der Waals surface area contributed by atoms with Crippen molar-refractivity contribution in [1.29, 1.82) is 0 Å². The minimum atomic E-state index is 0.618. The SMILES string of the molecule is CNC(Cc1ccn(C2CCCCC2)n1)C1CCCC1. The number of nitrogens with zero attached hydrogens (tertiary/aromatic N) is 2. The van der Waals surface area contributed by atoms with Crippen molar-refractivity contribution in [2.24, 2.45) is 5.92 Å². The largest absolute Gasteiger partial charge is 0.316 e. The smallest absolute Gasteiger partial charge is 0.0640 e. The van der Waals surface area contributed by atoms with Gasteiger partial charge in [0.05, 0.1) is 11.7 Å². The molecule has 2 saturated carbocycles. The summed E-state index contributed by atoms with van der Waals surface area (Å²) in [6.07, 6.45) is 15.7. The van der Waals surface area contributed by atoms with Gasteiger partial charge in [-0.15, -0.1) is 0 Å². The molecule has 0 bridgehead atoms. The van der Waals surface area contributed by atoms with E-state index in [1.807, 2.05) is 0 Å². The van der Waals surface area contributed by atoms with Crippen LogP contribution in [0.4, 0.5) is 0 Å². The molecule has 2 aliphatic rings. The summed E-state index contributed by atoms with van der Waals surface area (Å²) in [5.74, 6) is 0.861. The Kier molecular flexibility index (Phi) is 4.77. The third-order valence-corrected chi connectivity index (χ3v) is 5.38. The Morgan fingerprint density at radius 1 is 1.15 bits per heavy atom. The Morgan fingerprint density at radius 3 is 2.55 bits per heavy atom. The van der Waals surface area contributed by atoms with Crippen molar-refractivity contribution in [2.45, 2.75) is 76.3 Å². The van der Waals surface area contributed by atoms with Crippen LogP contribution in [0.3, 0.4) is 0 Å². The summed E-state index contributed by atoms with van der Waals surface area (Å²) in [7, 11) is 2.11. The van der Waals surface area contributed by atoms with E-state index in [1.54, 1.807) is 0 Å². The quantitative estimate of drug-likeness (QED) is 0.888. The van der Waals surface area contributed by atoms with Crippen LogP contribution in [-0.4, -0.2) is 22.9 Å². The van der Waals surface area contributed by atoms with Crippen LogP contribution < -0.4 is 5.32 Å². The van der Waals surface area contributed by atoms with Gasteiger partial charge in [-0.3, -0.25) is 4.68 Å². The fourth-order valence-corrected chi connectivity index (χ4v) is 4.12. The fourth-order valence-electron chi connectivity index (χ4n) is 4.12. The first-order valence-electron chi connectivity index (χ1n) is 8.58. The van der Waals surface area contributed by atoms with Crippen LogP contribution in [0.25, 0.3) is 0 Å². The number of hydrogen-bond donors (Lipinski definition) is 1. The minimum absolute atomic E-state index is 0.618. The van der Waals surface area contributed by atoms with Gasteiger partial charge < -0.3 is 5.32 Å². The van der Waals surface area contributed by atoms with Gasteiger partial charge in [-0.05, 0) is 44.7 Å². The summed E-state index contributed by atoms with van der Waals surface area (Å²) in [4.78, 5) is 0. The molecule has 2 fully saturated rings. The highest BCUT2D eigenvalue weighted by Gasteiger charge is 2.25. The number of aromatic nitrogens is 2. The van der Waals surface area contributed by atoms with Gasteiger partial charge in [0.1, 0.15) is 0 Å². The van der Waals surface area contributed by atoms with Crippen LogP contribution in [0.2, 0.25) is 0 Å². The van der Waals surface area contributed by atoms with E-state index < -0.39 is 0 Å². The van der Waals surface area contributed by atoms with E-state index >= 15 is 0 Å². The van der Waals surface area contributed by atoms with Crippen molar-refractivity contribution >= 4 is 0 Å². The van der Waals surface area contributed by atoms with Crippen molar-refractivity contribution in [2.75, 3.05) is 7.05 Å². The zero-order chi connectivity index (χ0) is 13.8. The van der Waals surface area contributed by atoms with Gasteiger partial charge in [0.2, 0.25) is 0 Å². The van der Waals surface area contributed by atoms with Gasteiger partial charge in [0.25, 0.3) is 0 Å². The highest BCUT2D eigenvalue weighted by molar-refractivity contribution is 5.03. The molecule has 1 heterocycles. The van der Waals surface area contributed by atoms with Crippen LogP contribution in [0, 0.1) is 5.92 Å². The molecule has 1 atom stereocenters. The van der Waals surface area contributed by atoms with Crippen LogP contribution in [0.1, 0.15) is 69.5 Å². The molecular formula is C17H29N3. The van der Waals surface area contributed by atoms with Crippen LogP contribution in [0.5, 0.6) is 0 Å². The standard InChI is InChI=1S/C17H29N3/c1-18-17(14-7-5-6-8-14)13-15-11-12-20(19-15)16-9-3-2-4-10-16/h11-12,14,16-18H,2-10,13H2,1H3. The number of likely N-dealkylation sites (N-methyl/N-ethyl adjacent to an activating group) is 1. The predicted octanol–water partition coefficient (Wildman–Crippen LogP) is 3.71. The van der Waals surface area contributed by atoms with E-state index in [9.17, 15) is 0 Å². The molecule has 1 N–H and O–H groups in total. The van der Waals surface area contributed by atoms with Gasteiger partial charge in [-0.25, -0.2) is 0 Å². The maximum absolute atomic E-state index is 4.87. The lowest BCUT2D eigenvalue weighted by atomic mass is 9.94. The summed E-state index contributed by atoms with van der Waals surface area (Å²) in [6.45, 7) is 0. The summed E-state index contributed by atoms with van der Waals surface area (Å²) in [5, 5.41) is 8.40. The van der Waals surface area contributed by atoms with E-state index in [2.05, 4.69) is 29.3 Å². The second-order valence-corrected chi connectivity index (χ2v) is 6.72. The Hall–Kier alpha value is -0.830. The Bertz CT molecular complexity index is 400. The van der Waals surface area contributed by atoms with E-state index in [4.69, 9.17) is 5.10 Å². The molecule has 20 heavy (non-hydrogen) atoms. The molecule has 0 aromatic carbocycles. The Morgan fingerprint density at radius 2 is 1.85 bits per heavy atom. The van der Waals surface area contributed by atoms with E-state index in [0.29, 0.717) is 12.1 Å². The van der Waals surface area contributed by atoms with Gasteiger partial charge in [-0.1, -0.05) is 32.1 Å². The lowest BCUT2D eigenvalue weighted by Crippen LogP contribution is -2.34. The number of rotatable bonds is 5. The molecule has 0 amide bonds. The molecule has 112 valence electrons. The van der Waals surface area contributed by atoms with Crippen molar-refractivity contribution in [3.05, 3.63) is 18.0 Å². The first-order valence-corrected chi connectivity index (χ1v) is 8.58. The molecular weight excluding hydrogens is 246 g/mol. The molecule has 0 aliphatic heterocycles. The zero-order valence-electron chi connectivity index (χ0n) is 12.9. The Labute approximate surface area is 123 Å². The zero-order valence-corrected chi connectivity index (χ0v) is 12.9. The first kappa shape index (κ1) is 14.1. The van der Waals surface area contributed by atoms with Gasteiger partial charge >= 0.3 is 0 Å². The van der Waals surface area contributed by atoms with Crippen LogP contribution in [-0.2, 0) is 6.42 Å². The highest BCUT2D eigenvalue weighted by Crippen LogP contribution is 2.30. The third kappa shape index (κ3) is 3.25. The molecule has 0 radical (unpaired) electrons. The molecule has 0 saturated heterocycles. The number of nitrogens with one attached hydrogen (secondary N) is 1. The summed E-state index contributed by atoms with van der Waals surface area (Å²) < 4.78 is 2.25. The van der Waals surface area contributed by atoms with E-state index in [0.717, 1.165) is 12.3 Å². The monoisotopic (exact) mass is 275 g/mol. The lowest BCUT2D eigenvalue weighted by Gasteiger charge is -2.23. The first-order chi connectivity index (χ1) is 9.86. The van der Waals surface area contributed by atoms with Crippen molar-refractivity contribution < 1.29 is 0 Å². The summed E-state index contributed by atoms with van der Waals surface area (Å²) >= 11 is 0. The molecule has 2 aliphatic carbocycles. The minimum Gasteiger partial charge on any atom is -0.316 e. The molecule has 1 unspecified atom stereocenters. The topological polar surface area (TPSA) is 29.9 Å². The fraction of sp³-hybridized carbons (Fsp3) is 0.824. The highest BCUT2D eigenvalue weighted by atomic mass is 15.3. The van der Waals surface area contributed by atoms with Gasteiger partial charge in [0.15, 0.2) is 0 Å². The predicted molar refractivity (Wildman–Crippen MR) is 82.9 cm³/mol. The second kappa shape index (κ2) is 6.75. The second-order valence-electron chi connectivity index (χ2n) is 6.72. The lowest BCUT2D eigenvalue weighted by molar-refractivity contribution is 0.325. The summed E-state index contributed by atoms with van der Waals surface area (Å²) in [6, 6.07) is 3.53. The molecule has 1 aromatic heterocycles.